The minimum atomic E-state index is -0.573. The van der Waals surface area contributed by atoms with Crippen LogP contribution in [0.25, 0.3) is 0 Å². The minimum absolute atomic E-state index is 0.00780. The molecule has 1 aromatic heterocycles. The van der Waals surface area contributed by atoms with Gasteiger partial charge < -0.3 is 10.5 Å². The quantitative estimate of drug-likeness (QED) is 0.676. The molecule has 0 fully saturated rings. The lowest BCUT2D eigenvalue weighted by Gasteiger charge is -2.05. The smallest absolute Gasteiger partial charge is 0.311 e. The molecule has 0 aliphatic rings. The van der Waals surface area contributed by atoms with E-state index >= 15 is 0 Å². The van der Waals surface area contributed by atoms with Crippen LogP contribution in [-0.2, 0) is 0 Å². The van der Waals surface area contributed by atoms with Crippen molar-refractivity contribution in [1.82, 2.24) is 10.2 Å². The molecule has 0 saturated carbocycles. The monoisotopic (exact) mass is 266 g/mol. The second-order valence-corrected chi connectivity index (χ2v) is 3.70. The molecule has 0 bridgehead atoms. The summed E-state index contributed by atoms with van der Waals surface area (Å²) in [5.41, 5.74) is 5.15. The molecule has 0 saturated heterocycles. The number of hydrogen-bond acceptors (Lipinski definition) is 6. The normalized spacial score (nSPS) is 10.1. The maximum Gasteiger partial charge on any atom is 0.311 e. The highest BCUT2D eigenvalue weighted by atomic mass is 35.5. The number of nitrogens with two attached hydrogens (primary N) is 1. The van der Waals surface area contributed by atoms with E-state index in [4.69, 9.17) is 22.1 Å². The number of nitrogens with zero attached hydrogens (tertiary/aromatic N) is 3. The number of hydrogen-bond donors (Lipinski definition) is 1. The first-order chi connectivity index (χ1) is 8.56. The van der Waals surface area contributed by atoms with Gasteiger partial charge in [0.05, 0.1) is 4.92 Å². The predicted molar refractivity (Wildman–Crippen MR) is 64.6 cm³/mol. The van der Waals surface area contributed by atoms with Crippen molar-refractivity contribution in [2.24, 2.45) is 0 Å². The summed E-state index contributed by atoms with van der Waals surface area (Å²) in [6, 6.07) is 6.91. The van der Waals surface area contributed by atoms with E-state index in [1.807, 2.05) is 0 Å². The molecule has 0 amide bonds. The molecule has 2 rings (SSSR count). The zero-order valence-electron chi connectivity index (χ0n) is 8.91. The molecule has 0 spiro atoms. The van der Waals surface area contributed by atoms with Crippen LogP contribution in [0.1, 0.15) is 0 Å². The summed E-state index contributed by atoms with van der Waals surface area (Å²) in [6.07, 6.45) is 0. The van der Waals surface area contributed by atoms with Crippen molar-refractivity contribution in [1.29, 1.82) is 0 Å². The van der Waals surface area contributed by atoms with Crippen molar-refractivity contribution >= 4 is 23.1 Å². The van der Waals surface area contributed by atoms with Gasteiger partial charge in [-0.2, -0.15) is 0 Å². The Morgan fingerprint density at radius 2 is 2.06 bits per heavy atom. The van der Waals surface area contributed by atoms with Crippen LogP contribution < -0.4 is 10.5 Å². The summed E-state index contributed by atoms with van der Waals surface area (Å²) in [7, 11) is 0. The number of rotatable bonds is 3. The van der Waals surface area contributed by atoms with Crippen LogP contribution in [0.2, 0.25) is 5.02 Å². The Morgan fingerprint density at radius 3 is 2.67 bits per heavy atom. The molecule has 0 aliphatic heterocycles. The molecule has 0 aliphatic carbocycles. The van der Waals surface area contributed by atoms with Gasteiger partial charge in [-0.3, -0.25) is 10.1 Å². The van der Waals surface area contributed by atoms with Crippen molar-refractivity contribution < 1.29 is 9.66 Å². The highest BCUT2D eigenvalue weighted by Gasteiger charge is 2.16. The molecular weight excluding hydrogens is 260 g/mol. The predicted octanol–water partition coefficient (Wildman–Crippen LogP) is 2.41. The van der Waals surface area contributed by atoms with E-state index in [0.29, 0.717) is 5.02 Å². The van der Waals surface area contributed by atoms with Crippen LogP contribution >= 0.6 is 11.6 Å². The van der Waals surface area contributed by atoms with Gasteiger partial charge >= 0.3 is 5.69 Å². The summed E-state index contributed by atoms with van der Waals surface area (Å²) in [5, 5.41) is 18.3. The largest absolute Gasteiger partial charge is 0.430 e. The lowest BCUT2D eigenvalue weighted by Crippen LogP contribution is -1.97. The van der Waals surface area contributed by atoms with Gasteiger partial charge in [0.25, 0.3) is 0 Å². The van der Waals surface area contributed by atoms with Gasteiger partial charge in [0.1, 0.15) is 5.82 Å². The average molecular weight is 267 g/mol. The van der Waals surface area contributed by atoms with Crippen molar-refractivity contribution in [2.45, 2.75) is 0 Å². The van der Waals surface area contributed by atoms with E-state index in [1.54, 1.807) is 0 Å². The lowest BCUT2D eigenvalue weighted by atomic mass is 10.3. The Morgan fingerprint density at radius 1 is 1.28 bits per heavy atom. The van der Waals surface area contributed by atoms with Gasteiger partial charge in [-0.05, 0) is 12.1 Å². The van der Waals surface area contributed by atoms with Crippen molar-refractivity contribution in [2.75, 3.05) is 5.73 Å². The summed E-state index contributed by atoms with van der Waals surface area (Å²) >= 11 is 5.75. The molecule has 2 N–H and O–H groups in total. The van der Waals surface area contributed by atoms with E-state index < -0.39 is 4.92 Å². The molecule has 2 aromatic rings. The molecule has 1 heterocycles. The summed E-state index contributed by atoms with van der Waals surface area (Å²) in [5.74, 6) is 0.309. The van der Waals surface area contributed by atoms with Crippen LogP contribution in [0.4, 0.5) is 11.5 Å². The molecule has 0 atom stereocenters. The molecule has 18 heavy (non-hydrogen) atoms. The Hall–Kier alpha value is -2.41. The molecule has 8 heteroatoms. The first-order valence-corrected chi connectivity index (χ1v) is 5.15. The molecule has 1 aromatic carbocycles. The second kappa shape index (κ2) is 4.84. The summed E-state index contributed by atoms with van der Waals surface area (Å²) in [4.78, 5) is 10.2. The topological polar surface area (TPSA) is 104 Å². The number of halogens is 1. The fraction of sp³-hybridized carbons (Fsp3) is 0. The van der Waals surface area contributed by atoms with E-state index in [2.05, 4.69) is 10.2 Å². The van der Waals surface area contributed by atoms with E-state index in [9.17, 15) is 10.1 Å². The molecule has 92 valence electrons. The van der Waals surface area contributed by atoms with E-state index in [0.717, 1.165) is 0 Å². The van der Waals surface area contributed by atoms with Gasteiger partial charge in [0.15, 0.2) is 0 Å². The lowest BCUT2D eigenvalue weighted by molar-refractivity contribution is -0.385. The van der Waals surface area contributed by atoms with E-state index in [1.165, 1.54) is 30.3 Å². The third-order valence-electron chi connectivity index (χ3n) is 1.99. The molecular formula is C10H7ClN4O3. The van der Waals surface area contributed by atoms with E-state index in [-0.39, 0.29) is 23.1 Å². The Balaban J connectivity index is 2.35. The standard InChI is InChI=1S/C10H7ClN4O3/c11-6-1-2-7(15(16)17)8(5-6)18-10-4-3-9(12)13-14-10/h1-5H,(H2,12,13). The number of nitro groups is 1. The fourth-order valence-corrected chi connectivity index (χ4v) is 1.38. The van der Waals surface area contributed by atoms with Gasteiger partial charge in [-0.15, -0.1) is 10.2 Å². The highest BCUT2D eigenvalue weighted by molar-refractivity contribution is 6.30. The van der Waals surface area contributed by atoms with Gasteiger partial charge in [0.2, 0.25) is 11.6 Å². The molecule has 7 nitrogen and oxygen atoms in total. The Kier molecular flexibility index (Phi) is 3.24. The van der Waals surface area contributed by atoms with Crippen LogP contribution in [0.3, 0.4) is 0 Å². The maximum absolute atomic E-state index is 10.8. The second-order valence-electron chi connectivity index (χ2n) is 3.27. The van der Waals surface area contributed by atoms with Gasteiger partial charge in [-0.1, -0.05) is 11.6 Å². The fourth-order valence-electron chi connectivity index (χ4n) is 1.22. The zero-order chi connectivity index (χ0) is 13.1. The number of anilines is 1. The SMILES string of the molecule is Nc1ccc(Oc2cc(Cl)ccc2[N+](=O)[O-])nn1. The average Bonchev–Trinajstić information content (AvgIpc) is 2.32. The van der Waals surface area contributed by atoms with Crippen molar-refractivity contribution in [3.63, 3.8) is 0 Å². The number of ether oxygens (including phenoxy) is 1. The summed E-state index contributed by atoms with van der Waals surface area (Å²) < 4.78 is 5.25. The number of nitro benzene ring substituents is 1. The first-order valence-electron chi connectivity index (χ1n) is 4.77. The van der Waals surface area contributed by atoms with Gasteiger partial charge in [-0.25, -0.2) is 0 Å². The van der Waals surface area contributed by atoms with Crippen molar-refractivity contribution in [3.8, 4) is 11.6 Å². The maximum atomic E-state index is 10.8. The Bertz CT molecular complexity index is 588. The van der Waals surface area contributed by atoms with Crippen molar-refractivity contribution in [3.05, 3.63) is 45.5 Å². The van der Waals surface area contributed by atoms with Gasteiger partial charge in [0, 0.05) is 23.2 Å². The number of aromatic nitrogens is 2. The van der Waals surface area contributed by atoms with Crippen LogP contribution in [0, 0.1) is 10.1 Å². The highest BCUT2D eigenvalue weighted by Crippen LogP contribution is 2.32. The first kappa shape index (κ1) is 12.1. The Labute approximate surface area is 106 Å². The minimum Gasteiger partial charge on any atom is -0.430 e. The summed E-state index contributed by atoms with van der Waals surface area (Å²) in [6.45, 7) is 0. The number of benzene rings is 1. The number of nitrogen functional groups attached to an aromatic ring is 1. The molecule has 0 unspecified atom stereocenters. The third kappa shape index (κ3) is 2.64. The zero-order valence-corrected chi connectivity index (χ0v) is 9.66. The van der Waals surface area contributed by atoms with Crippen LogP contribution in [0.15, 0.2) is 30.3 Å². The van der Waals surface area contributed by atoms with Crippen LogP contribution in [0.5, 0.6) is 11.6 Å². The molecule has 0 radical (unpaired) electrons. The van der Waals surface area contributed by atoms with Crippen LogP contribution in [-0.4, -0.2) is 15.1 Å². The third-order valence-corrected chi connectivity index (χ3v) is 2.23.